The zero-order chi connectivity index (χ0) is 26.2. The number of pyridine rings is 1. The molecule has 0 aliphatic heterocycles. The van der Waals surface area contributed by atoms with Crippen LogP contribution in [0.5, 0.6) is 0 Å². The first-order valence-electron chi connectivity index (χ1n) is 12.6. The monoisotopic (exact) mass is 516 g/mol. The van der Waals surface area contributed by atoms with E-state index in [1.54, 1.807) is 16.9 Å². The van der Waals surface area contributed by atoms with E-state index in [2.05, 4.69) is 24.7 Å². The Morgan fingerprint density at radius 1 is 1.14 bits per heavy atom. The van der Waals surface area contributed by atoms with E-state index in [4.69, 9.17) is 14.5 Å². The van der Waals surface area contributed by atoms with Crippen molar-refractivity contribution in [1.82, 2.24) is 19.3 Å². The van der Waals surface area contributed by atoms with Crippen LogP contribution in [0.4, 0.5) is 0 Å². The van der Waals surface area contributed by atoms with Crippen LogP contribution in [0.15, 0.2) is 48.8 Å². The van der Waals surface area contributed by atoms with Crippen molar-refractivity contribution in [3.63, 3.8) is 0 Å². The third-order valence-corrected chi connectivity index (χ3v) is 8.45. The summed E-state index contributed by atoms with van der Waals surface area (Å²) in [5.41, 5.74) is 5.44. The lowest BCUT2D eigenvalue weighted by atomic mass is 9.92. The molecule has 3 aromatic heterocycles. The summed E-state index contributed by atoms with van der Waals surface area (Å²) >= 11 is 0. The fourth-order valence-corrected chi connectivity index (χ4v) is 5.32. The average Bonchev–Trinajstić information content (AvgIpc) is 3.47. The molecule has 1 aliphatic carbocycles. The Morgan fingerprint density at radius 2 is 1.97 bits per heavy atom. The molecule has 9 heteroatoms. The van der Waals surface area contributed by atoms with Crippen LogP contribution >= 0.6 is 0 Å². The Kier molecular flexibility index (Phi) is 6.83. The molecule has 1 aromatic carbocycles. The van der Waals surface area contributed by atoms with Crippen LogP contribution in [0.25, 0.3) is 33.3 Å². The number of rotatable bonds is 8. The lowest BCUT2D eigenvalue weighted by Gasteiger charge is -2.16. The number of allylic oxidation sites excluding steroid dienone is 2. The van der Waals surface area contributed by atoms with Crippen molar-refractivity contribution in [2.75, 3.05) is 13.7 Å². The number of hydrogen-bond acceptors (Lipinski definition) is 6. The molecular formula is C28H32N4O4Si. The molecule has 0 atom stereocenters. The summed E-state index contributed by atoms with van der Waals surface area (Å²) < 4.78 is 14.7. The molecule has 8 nitrogen and oxygen atoms in total. The second kappa shape index (κ2) is 10.1. The van der Waals surface area contributed by atoms with Gasteiger partial charge in [0, 0.05) is 39.1 Å². The SMILES string of the molecule is COC(=O)c1ccc(C2=CCC(=O)CC2)cc1-n1ncc2nc3c(ccn3COCC[Si](C)(C)C)cc21. The molecule has 0 saturated heterocycles. The minimum atomic E-state index is -1.15. The van der Waals surface area contributed by atoms with Gasteiger partial charge in [-0.1, -0.05) is 31.8 Å². The van der Waals surface area contributed by atoms with Gasteiger partial charge < -0.3 is 14.0 Å². The quantitative estimate of drug-likeness (QED) is 0.172. The van der Waals surface area contributed by atoms with Gasteiger partial charge >= 0.3 is 5.97 Å². The number of methoxy groups -OCH3 is 1. The summed E-state index contributed by atoms with van der Waals surface area (Å²) in [5, 5.41) is 5.58. The van der Waals surface area contributed by atoms with Crippen molar-refractivity contribution in [1.29, 1.82) is 0 Å². The zero-order valence-corrected chi connectivity index (χ0v) is 22.8. The highest BCUT2D eigenvalue weighted by atomic mass is 28.3. The average molecular weight is 517 g/mol. The van der Waals surface area contributed by atoms with E-state index in [9.17, 15) is 9.59 Å². The number of ketones is 1. The highest BCUT2D eigenvalue weighted by Gasteiger charge is 2.20. The second-order valence-corrected chi connectivity index (χ2v) is 16.3. The molecular weight excluding hydrogens is 484 g/mol. The predicted octanol–water partition coefficient (Wildman–Crippen LogP) is 5.61. The Labute approximate surface area is 216 Å². The molecule has 0 fully saturated rings. The fraction of sp³-hybridized carbons (Fsp3) is 0.357. The van der Waals surface area contributed by atoms with Crippen molar-refractivity contribution >= 4 is 47.5 Å². The molecule has 0 bridgehead atoms. The van der Waals surface area contributed by atoms with Gasteiger partial charge in [-0.15, -0.1) is 0 Å². The van der Waals surface area contributed by atoms with E-state index in [-0.39, 0.29) is 5.78 Å². The Balaban J connectivity index is 1.52. The van der Waals surface area contributed by atoms with Gasteiger partial charge in [-0.2, -0.15) is 5.10 Å². The number of aromatic nitrogens is 4. The molecule has 0 unspecified atom stereocenters. The first-order chi connectivity index (χ1) is 17.7. The summed E-state index contributed by atoms with van der Waals surface area (Å²) in [6.07, 6.45) is 7.33. The number of carbonyl (C=O) groups excluding carboxylic acids is 2. The minimum absolute atomic E-state index is 0.247. The molecule has 0 spiro atoms. The minimum Gasteiger partial charge on any atom is -0.465 e. The number of carbonyl (C=O) groups is 2. The summed E-state index contributed by atoms with van der Waals surface area (Å²) in [4.78, 5) is 29.2. The lowest BCUT2D eigenvalue weighted by molar-refractivity contribution is -0.118. The molecule has 3 heterocycles. The van der Waals surface area contributed by atoms with Crippen molar-refractivity contribution in [3.8, 4) is 5.69 Å². The van der Waals surface area contributed by atoms with E-state index in [1.165, 1.54) is 7.11 Å². The van der Waals surface area contributed by atoms with Crippen LogP contribution in [-0.2, 0) is 21.0 Å². The van der Waals surface area contributed by atoms with Crippen molar-refractivity contribution in [3.05, 3.63) is 59.9 Å². The summed E-state index contributed by atoms with van der Waals surface area (Å²) in [7, 11) is 0.226. The van der Waals surface area contributed by atoms with Gasteiger partial charge in [0.15, 0.2) is 0 Å². The standard InChI is InChI=1S/C28H32N4O4Si/c1-35-28(34)23-10-7-20(19-5-8-22(33)9-6-19)15-25(23)32-26-16-21-11-12-31(18-36-13-14-37(2,3)4)27(21)30-24(26)17-29-32/h5,7,10-12,15-17H,6,8-9,13-14,18H2,1-4H3. The molecule has 4 aromatic rings. The summed E-state index contributed by atoms with van der Waals surface area (Å²) in [6.45, 7) is 8.21. The zero-order valence-electron chi connectivity index (χ0n) is 21.8. The van der Waals surface area contributed by atoms with Crippen LogP contribution in [-0.4, -0.2) is 52.9 Å². The normalized spacial score (nSPS) is 14.4. The van der Waals surface area contributed by atoms with Crippen LogP contribution < -0.4 is 0 Å². The maximum atomic E-state index is 12.6. The first kappa shape index (κ1) is 25.1. The van der Waals surface area contributed by atoms with Crippen molar-refractivity contribution < 1.29 is 19.1 Å². The molecule has 0 radical (unpaired) electrons. The first-order valence-corrected chi connectivity index (χ1v) is 16.3. The molecule has 37 heavy (non-hydrogen) atoms. The third kappa shape index (κ3) is 5.28. The van der Waals surface area contributed by atoms with Crippen LogP contribution in [0.3, 0.4) is 0 Å². The van der Waals surface area contributed by atoms with E-state index >= 15 is 0 Å². The van der Waals surface area contributed by atoms with Crippen LogP contribution in [0, 0.1) is 0 Å². The molecule has 5 rings (SSSR count). The Hall–Kier alpha value is -3.56. The highest BCUT2D eigenvalue weighted by molar-refractivity contribution is 6.76. The Morgan fingerprint density at radius 3 is 2.70 bits per heavy atom. The molecule has 192 valence electrons. The van der Waals surface area contributed by atoms with E-state index in [0.717, 1.165) is 45.9 Å². The topological polar surface area (TPSA) is 88.2 Å². The number of ether oxygens (including phenoxy) is 2. The van der Waals surface area contributed by atoms with Gasteiger partial charge in [0.25, 0.3) is 0 Å². The lowest BCUT2D eigenvalue weighted by Crippen LogP contribution is -2.22. The Bertz CT molecular complexity index is 1530. The second-order valence-electron chi connectivity index (χ2n) is 10.7. The van der Waals surface area contributed by atoms with Gasteiger partial charge in [0.1, 0.15) is 23.7 Å². The highest BCUT2D eigenvalue weighted by Crippen LogP contribution is 2.30. The molecule has 1 aliphatic rings. The van der Waals surface area contributed by atoms with Gasteiger partial charge in [-0.05, 0) is 47.9 Å². The smallest absolute Gasteiger partial charge is 0.340 e. The van der Waals surface area contributed by atoms with Gasteiger partial charge in [0.2, 0.25) is 0 Å². The van der Waals surface area contributed by atoms with Gasteiger partial charge in [-0.25, -0.2) is 14.5 Å². The maximum absolute atomic E-state index is 12.6. The fourth-order valence-electron chi connectivity index (χ4n) is 4.56. The largest absolute Gasteiger partial charge is 0.465 e. The molecule has 0 amide bonds. The number of hydrogen-bond donors (Lipinski definition) is 0. The summed E-state index contributed by atoms with van der Waals surface area (Å²) in [6, 6.07) is 10.8. The predicted molar refractivity (Wildman–Crippen MR) is 147 cm³/mol. The van der Waals surface area contributed by atoms with Crippen molar-refractivity contribution in [2.45, 2.75) is 51.7 Å². The number of esters is 1. The number of nitrogens with zero attached hydrogens (tertiary/aromatic N) is 4. The van der Waals surface area contributed by atoms with E-state index in [0.29, 0.717) is 37.2 Å². The van der Waals surface area contributed by atoms with Crippen molar-refractivity contribution in [2.24, 2.45) is 0 Å². The number of Topliss-reactive ketones (excluding diaryl/α,β-unsaturated/α-hetero) is 1. The van der Waals surface area contributed by atoms with E-state index < -0.39 is 14.0 Å². The van der Waals surface area contributed by atoms with Gasteiger partial charge in [0.05, 0.1) is 30.1 Å². The third-order valence-electron chi connectivity index (χ3n) is 6.75. The van der Waals surface area contributed by atoms with Crippen LogP contribution in [0.1, 0.15) is 35.2 Å². The molecule has 0 saturated carbocycles. The molecule has 0 N–H and O–H groups in total. The maximum Gasteiger partial charge on any atom is 0.340 e. The van der Waals surface area contributed by atoms with Gasteiger partial charge in [-0.3, -0.25) is 4.79 Å². The van der Waals surface area contributed by atoms with E-state index in [1.807, 2.05) is 41.1 Å². The summed E-state index contributed by atoms with van der Waals surface area (Å²) in [5.74, 6) is -0.189. The van der Waals surface area contributed by atoms with Crippen LogP contribution in [0.2, 0.25) is 25.7 Å². The number of fused-ring (bicyclic) bond motifs is 2. The number of benzene rings is 1.